The van der Waals surface area contributed by atoms with E-state index in [1.54, 1.807) is 43.5 Å². The van der Waals surface area contributed by atoms with Gasteiger partial charge in [-0.05, 0) is 42.3 Å². The van der Waals surface area contributed by atoms with Gasteiger partial charge in [-0.2, -0.15) is 0 Å². The van der Waals surface area contributed by atoms with Gasteiger partial charge in [0, 0.05) is 31.3 Å². The van der Waals surface area contributed by atoms with Crippen LogP contribution in [0.15, 0.2) is 48.5 Å². The second-order valence-corrected chi connectivity index (χ2v) is 5.46. The quantitative estimate of drug-likeness (QED) is 0.721. The Morgan fingerprint density at radius 2 is 1.56 bits per heavy atom. The van der Waals surface area contributed by atoms with Gasteiger partial charge in [0.05, 0.1) is 6.61 Å². The molecule has 0 radical (unpaired) electrons. The van der Waals surface area contributed by atoms with Gasteiger partial charge in [0.15, 0.2) is 0 Å². The summed E-state index contributed by atoms with van der Waals surface area (Å²) >= 11 is 0. The number of nitrogens with one attached hydrogen (secondary N) is 2. The van der Waals surface area contributed by atoms with Gasteiger partial charge in [-0.15, -0.1) is 0 Å². The Morgan fingerprint density at radius 1 is 0.960 bits per heavy atom. The Morgan fingerprint density at radius 3 is 2.16 bits per heavy atom. The molecule has 0 saturated carbocycles. The molecule has 0 aliphatic carbocycles. The molecule has 0 aliphatic rings. The summed E-state index contributed by atoms with van der Waals surface area (Å²) < 4.78 is 17.7. The molecule has 132 valence electrons. The fourth-order valence-electron chi connectivity index (χ4n) is 2.24. The van der Waals surface area contributed by atoms with Crippen molar-refractivity contribution in [2.45, 2.75) is 6.42 Å². The van der Waals surface area contributed by atoms with Crippen LogP contribution in [0.4, 0.5) is 4.39 Å². The van der Waals surface area contributed by atoms with E-state index in [2.05, 4.69) is 10.6 Å². The van der Waals surface area contributed by atoms with Crippen molar-refractivity contribution in [2.24, 2.45) is 0 Å². The molecule has 2 rings (SSSR count). The summed E-state index contributed by atoms with van der Waals surface area (Å²) in [5.74, 6) is -0.792. The predicted octanol–water partition coefficient (Wildman–Crippen LogP) is 2.17. The maximum absolute atomic E-state index is 12.9. The van der Waals surface area contributed by atoms with E-state index in [1.807, 2.05) is 0 Å². The minimum atomic E-state index is -0.284. The lowest BCUT2D eigenvalue weighted by molar-refractivity contribution is 0.0937. The lowest BCUT2D eigenvalue weighted by Gasteiger charge is -2.08. The fourth-order valence-corrected chi connectivity index (χ4v) is 2.24. The largest absolute Gasteiger partial charge is 0.383 e. The Balaban J connectivity index is 1.87. The number of amides is 2. The minimum absolute atomic E-state index is 0.252. The van der Waals surface area contributed by atoms with E-state index in [0.717, 1.165) is 5.56 Å². The Hall–Kier alpha value is -2.73. The number of ether oxygens (including phenoxy) is 1. The Kier molecular flexibility index (Phi) is 7.10. The molecule has 25 heavy (non-hydrogen) atoms. The molecule has 2 N–H and O–H groups in total. The van der Waals surface area contributed by atoms with Gasteiger partial charge in [0.2, 0.25) is 0 Å². The van der Waals surface area contributed by atoms with Gasteiger partial charge in [-0.25, -0.2) is 4.39 Å². The molecule has 2 aromatic rings. The first-order valence-corrected chi connectivity index (χ1v) is 8.00. The minimum Gasteiger partial charge on any atom is -0.383 e. The van der Waals surface area contributed by atoms with Crippen LogP contribution in [0, 0.1) is 5.82 Å². The first kappa shape index (κ1) is 18.6. The van der Waals surface area contributed by atoms with E-state index in [0.29, 0.717) is 37.2 Å². The molecule has 2 amide bonds. The average Bonchev–Trinajstić information content (AvgIpc) is 2.63. The third-order valence-corrected chi connectivity index (χ3v) is 3.59. The highest BCUT2D eigenvalue weighted by Crippen LogP contribution is 2.06. The van der Waals surface area contributed by atoms with Crippen LogP contribution in [0.1, 0.15) is 26.3 Å². The Bertz CT molecular complexity index is 717. The standard InChI is InChI=1S/C19H21FN2O3/c1-25-12-11-22-19(24)16-4-2-3-15(13-16)18(23)21-10-9-14-5-7-17(20)8-6-14/h2-8,13H,9-12H2,1H3,(H,21,23)(H,22,24). The number of carbonyl (C=O) groups is 2. The van der Waals surface area contributed by atoms with Gasteiger partial charge in [0.1, 0.15) is 5.82 Å². The lowest BCUT2D eigenvalue weighted by Crippen LogP contribution is -2.28. The van der Waals surface area contributed by atoms with Crippen LogP contribution in [0.25, 0.3) is 0 Å². The van der Waals surface area contributed by atoms with E-state index in [-0.39, 0.29) is 17.6 Å². The summed E-state index contributed by atoms with van der Waals surface area (Å²) in [4.78, 5) is 24.2. The molecule has 0 atom stereocenters. The molecule has 0 fully saturated rings. The van der Waals surface area contributed by atoms with Crippen molar-refractivity contribution in [3.8, 4) is 0 Å². The van der Waals surface area contributed by atoms with Crippen molar-refractivity contribution in [1.29, 1.82) is 0 Å². The molecule has 0 spiro atoms. The van der Waals surface area contributed by atoms with E-state index in [9.17, 15) is 14.0 Å². The second kappa shape index (κ2) is 9.54. The molecule has 0 heterocycles. The maximum Gasteiger partial charge on any atom is 0.251 e. The van der Waals surface area contributed by atoms with Gasteiger partial charge < -0.3 is 15.4 Å². The zero-order valence-electron chi connectivity index (χ0n) is 14.0. The second-order valence-electron chi connectivity index (χ2n) is 5.46. The third kappa shape index (κ3) is 6.00. The number of hydrogen-bond donors (Lipinski definition) is 2. The van der Waals surface area contributed by atoms with Crippen molar-refractivity contribution in [2.75, 3.05) is 26.8 Å². The van der Waals surface area contributed by atoms with Crippen molar-refractivity contribution in [1.82, 2.24) is 10.6 Å². The predicted molar refractivity (Wildman–Crippen MR) is 93.1 cm³/mol. The summed E-state index contributed by atoms with van der Waals surface area (Å²) in [7, 11) is 1.56. The highest BCUT2D eigenvalue weighted by atomic mass is 19.1. The maximum atomic E-state index is 12.9. The molecule has 0 aromatic heterocycles. The smallest absolute Gasteiger partial charge is 0.251 e. The summed E-state index contributed by atoms with van der Waals surface area (Å²) in [6, 6.07) is 12.7. The molecular weight excluding hydrogens is 323 g/mol. The zero-order chi connectivity index (χ0) is 18.1. The monoisotopic (exact) mass is 344 g/mol. The van der Waals surface area contributed by atoms with Crippen LogP contribution in [-0.2, 0) is 11.2 Å². The molecule has 0 aliphatic heterocycles. The van der Waals surface area contributed by atoms with Crippen LogP contribution in [0.5, 0.6) is 0 Å². The van der Waals surface area contributed by atoms with Crippen molar-refractivity contribution in [3.05, 3.63) is 71.0 Å². The topological polar surface area (TPSA) is 67.4 Å². The number of benzene rings is 2. The first-order chi connectivity index (χ1) is 12.1. The van der Waals surface area contributed by atoms with Gasteiger partial charge in [0.25, 0.3) is 11.8 Å². The summed E-state index contributed by atoms with van der Waals surface area (Å²) in [5, 5.41) is 5.51. The lowest BCUT2D eigenvalue weighted by atomic mass is 10.1. The molecule has 0 saturated heterocycles. The van der Waals surface area contributed by atoms with E-state index >= 15 is 0 Å². The normalized spacial score (nSPS) is 10.3. The van der Waals surface area contributed by atoms with Gasteiger partial charge in [-0.3, -0.25) is 9.59 Å². The molecule has 0 bridgehead atoms. The number of methoxy groups -OCH3 is 1. The summed E-state index contributed by atoms with van der Waals surface area (Å²) in [5.41, 5.74) is 1.77. The molecule has 2 aromatic carbocycles. The third-order valence-electron chi connectivity index (χ3n) is 3.59. The number of hydrogen-bond acceptors (Lipinski definition) is 3. The SMILES string of the molecule is COCCNC(=O)c1cccc(C(=O)NCCc2ccc(F)cc2)c1. The van der Waals surface area contributed by atoms with Gasteiger partial charge in [-0.1, -0.05) is 18.2 Å². The fraction of sp³-hybridized carbons (Fsp3) is 0.263. The van der Waals surface area contributed by atoms with E-state index in [1.165, 1.54) is 12.1 Å². The van der Waals surface area contributed by atoms with Crippen LogP contribution in [-0.4, -0.2) is 38.6 Å². The average molecular weight is 344 g/mol. The number of halogens is 1. The van der Waals surface area contributed by atoms with E-state index < -0.39 is 0 Å². The molecule has 5 nitrogen and oxygen atoms in total. The highest BCUT2D eigenvalue weighted by molar-refractivity contribution is 5.99. The van der Waals surface area contributed by atoms with Crippen LogP contribution >= 0.6 is 0 Å². The van der Waals surface area contributed by atoms with Crippen LogP contribution in [0.3, 0.4) is 0 Å². The highest BCUT2D eigenvalue weighted by Gasteiger charge is 2.10. The zero-order valence-corrected chi connectivity index (χ0v) is 14.0. The van der Waals surface area contributed by atoms with Crippen LogP contribution < -0.4 is 10.6 Å². The first-order valence-electron chi connectivity index (χ1n) is 8.00. The number of carbonyl (C=O) groups excluding carboxylic acids is 2. The van der Waals surface area contributed by atoms with E-state index in [4.69, 9.17) is 4.74 Å². The van der Waals surface area contributed by atoms with Gasteiger partial charge >= 0.3 is 0 Å². The summed E-state index contributed by atoms with van der Waals surface area (Å²) in [6.07, 6.45) is 0.600. The molecule has 6 heteroatoms. The molecular formula is C19H21FN2O3. The van der Waals surface area contributed by atoms with Crippen LogP contribution in [0.2, 0.25) is 0 Å². The summed E-state index contributed by atoms with van der Waals surface area (Å²) in [6.45, 7) is 1.26. The Labute approximate surface area is 146 Å². The van der Waals surface area contributed by atoms with Crippen molar-refractivity contribution in [3.63, 3.8) is 0 Å². The molecule has 0 unspecified atom stereocenters. The number of rotatable bonds is 8. The van der Waals surface area contributed by atoms with Crippen molar-refractivity contribution < 1.29 is 18.7 Å². The van der Waals surface area contributed by atoms with Crippen molar-refractivity contribution >= 4 is 11.8 Å².